The summed E-state index contributed by atoms with van der Waals surface area (Å²) < 4.78 is 5.46. The summed E-state index contributed by atoms with van der Waals surface area (Å²) in [7, 11) is 0. The molecule has 15 heavy (non-hydrogen) atoms. The Bertz CT molecular complexity index is 330. The van der Waals surface area contributed by atoms with E-state index in [9.17, 15) is 0 Å². The van der Waals surface area contributed by atoms with E-state index in [4.69, 9.17) is 22.7 Å². The zero-order valence-electron chi connectivity index (χ0n) is 8.77. The molecule has 5 heteroatoms. The predicted octanol–water partition coefficient (Wildman–Crippen LogP) is 1.68. The summed E-state index contributed by atoms with van der Waals surface area (Å²) in [5, 5.41) is 0. The highest BCUT2D eigenvalue weighted by molar-refractivity contribution is 7.80. The Kier molecular flexibility index (Phi) is 4.97. The van der Waals surface area contributed by atoms with E-state index in [1.807, 2.05) is 0 Å². The molecule has 1 rings (SSSR count). The van der Waals surface area contributed by atoms with Gasteiger partial charge in [-0.3, -0.25) is 0 Å². The molecule has 0 saturated heterocycles. The summed E-state index contributed by atoms with van der Waals surface area (Å²) in [6, 6.07) is 0. The standard InChI is InChI=1S/C10H15N3OS/c1-2-3-4-7-14-10-8(9(11)15)12-5-6-13-10/h5-6H,2-4,7H2,1H3,(H2,11,15). The molecular formula is C10H15N3OS. The smallest absolute Gasteiger partial charge is 0.243 e. The van der Waals surface area contributed by atoms with Gasteiger partial charge in [0.25, 0.3) is 0 Å². The summed E-state index contributed by atoms with van der Waals surface area (Å²) in [6.07, 6.45) is 6.42. The fourth-order valence-corrected chi connectivity index (χ4v) is 1.26. The third-order valence-corrected chi connectivity index (χ3v) is 2.08. The molecule has 2 N–H and O–H groups in total. The number of thiocarbonyl (C=S) groups is 1. The Labute approximate surface area is 94.9 Å². The van der Waals surface area contributed by atoms with Gasteiger partial charge in [-0.1, -0.05) is 32.0 Å². The van der Waals surface area contributed by atoms with Crippen molar-refractivity contribution >= 4 is 17.2 Å². The van der Waals surface area contributed by atoms with Gasteiger partial charge in [0.05, 0.1) is 6.61 Å². The highest BCUT2D eigenvalue weighted by Crippen LogP contribution is 2.11. The quantitative estimate of drug-likeness (QED) is 0.589. The number of nitrogens with two attached hydrogens (primary N) is 1. The lowest BCUT2D eigenvalue weighted by molar-refractivity contribution is 0.293. The van der Waals surface area contributed by atoms with Crippen molar-refractivity contribution in [3.05, 3.63) is 18.1 Å². The van der Waals surface area contributed by atoms with Crippen molar-refractivity contribution in [3.63, 3.8) is 0 Å². The predicted molar refractivity (Wildman–Crippen MR) is 62.9 cm³/mol. The van der Waals surface area contributed by atoms with Crippen LogP contribution in [-0.4, -0.2) is 21.6 Å². The van der Waals surface area contributed by atoms with Crippen molar-refractivity contribution in [3.8, 4) is 5.88 Å². The average Bonchev–Trinajstić information content (AvgIpc) is 2.25. The SMILES string of the molecule is CCCCCOc1nccnc1C(N)=S. The molecule has 1 heterocycles. The number of aromatic nitrogens is 2. The second kappa shape index (κ2) is 6.29. The maximum absolute atomic E-state index is 5.49. The van der Waals surface area contributed by atoms with Crippen molar-refractivity contribution in [2.24, 2.45) is 5.73 Å². The van der Waals surface area contributed by atoms with E-state index in [0.717, 1.165) is 19.3 Å². The summed E-state index contributed by atoms with van der Waals surface area (Å²) in [4.78, 5) is 8.29. The maximum atomic E-state index is 5.49. The van der Waals surface area contributed by atoms with Crippen molar-refractivity contribution in [2.45, 2.75) is 26.2 Å². The van der Waals surface area contributed by atoms with Gasteiger partial charge in [-0.15, -0.1) is 0 Å². The van der Waals surface area contributed by atoms with Gasteiger partial charge in [-0.25, -0.2) is 9.97 Å². The van der Waals surface area contributed by atoms with Crippen LogP contribution in [0.1, 0.15) is 31.9 Å². The largest absolute Gasteiger partial charge is 0.476 e. The summed E-state index contributed by atoms with van der Waals surface area (Å²) in [6.45, 7) is 2.77. The van der Waals surface area contributed by atoms with Crippen LogP contribution in [0.25, 0.3) is 0 Å². The van der Waals surface area contributed by atoms with Crippen molar-refractivity contribution in [2.75, 3.05) is 6.61 Å². The number of hydrogen-bond acceptors (Lipinski definition) is 4. The lowest BCUT2D eigenvalue weighted by Crippen LogP contribution is -2.15. The molecule has 0 fully saturated rings. The highest BCUT2D eigenvalue weighted by Gasteiger charge is 2.08. The van der Waals surface area contributed by atoms with Crippen LogP contribution in [0.5, 0.6) is 5.88 Å². The van der Waals surface area contributed by atoms with E-state index < -0.39 is 0 Å². The number of nitrogens with zero attached hydrogens (tertiary/aromatic N) is 2. The Morgan fingerprint density at radius 2 is 2.13 bits per heavy atom. The normalized spacial score (nSPS) is 9.93. The molecule has 0 atom stereocenters. The molecule has 0 aliphatic rings. The molecule has 0 spiro atoms. The molecule has 0 radical (unpaired) electrons. The monoisotopic (exact) mass is 225 g/mol. The van der Waals surface area contributed by atoms with E-state index in [1.54, 1.807) is 12.4 Å². The number of hydrogen-bond donors (Lipinski definition) is 1. The van der Waals surface area contributed by atoms with Crippen molar-refractivity contribution in [1.29, 1.82) is 0 Å². The summed E-state index contributed by atoms with van der Waals surface area (Å²) in [5.74, 6) is 0.432. The third kappa shape index (κ3) is 3.79. The Morgan fingerprint density at radius 1 is 1.40 bits per heavy atom. The molecule has 0 unspecified atom stereocenters. The van der Waals surface area contributed by atoms with Gasteiger partial charge >= 0.3 is 0 Å². The zero-order valence-corrected chi connectivity index (χ0v) is 9.59. The number of ether oxygens (including phenoxy) is 1. The summed E-state index contributed by atoms with van der Waals surface area (Å²) >= 11 is 4.85. The van der Waals surface area contributed by atoms with Crippen molar-refractivity contribution < 1.29 is 4.74 Å². The van der Waals surface area contributed by atoms with Crippen LogP contribution in [0.3, 0.4) is 0 Å². The average molecular weight is 225 g/mol. The highest BCUT2D eigenvalue weighted by atomic mass is 32.1. The molecule has 82 valence electrons. The maximum Gasteiger partial charge on any atom is 0.243 e. The van der Waals surface area contributed by atoms with Crippen LogP contribution in [0, 0.1) is 0 Å². The molecule has 0 aromatic carbocycles. The van der Waals surface area contributed by atoms with Gasteiger partial charge in [0, 0.05) is 12.4 Å². The zero-order chi connectivity index (χ0) is 11.1. The van der Waals surface area contributed by atoms with Crippen LogP contribution in [0.2, 0.25) is 0 Å². The van der Waals surface area contributed by atoms with Crippen LogP contribution in [-0.2, 0) is 0 Å². The number of unbranched alkanes of at least 4 members (excludes halogenated alkanes) is 2. The van der Waals surface area contributed by atoms with E-state index >= 15 is 0 Å². The molecule has 1 aromatic heterocycles. The second-order valence-electron chi connectivity index (χ2n) is 3.13. The van der Waals surface area contributed by atoms with E-state index in [2.05, 4.69) is 16.9 Å². The molecule has 0 bridgehead atoms. The van der Waals surface area contributed by atoms with Crippen LogP contribution in [0.15, 0.2) is 12.4 Å². The van der Waals surface area contributed by atoms with Crippen LogP contribution < -0.4 is 10.5 Å². The van der Waals surface area contributed by atoms with E-state index in [0.29, 0.717) is 18.2 Å². The molecule has 0 saturated carbocycles. The first-order chi connectivity index (χ1) is 7.25. The fourth-order valence-electron chi connectivity index (χ4n) is 1.12. The molecule has 4 nitrogen and oxygen atoms in total. The Balaban J connectivity index is 2.56. The molecule has 0 aliphatic carbocycles. The van der Waals surface area contributed by atoms with Gasteiger partial charge in [0.2, 0.25) is 5.88 Å². The number of rotatable bonds is 6. The second-order valence-corrected chi connectivity index (χ2v) is 3.57. The third-order valence-electron chi connectivity index (χ3n) is 1.88. The first kappa shape index (κ1) is 11.8. The minimum absolute atomic E-state index is 0.216. The van der Waals surface area contributed by atoms with Gasteiger partial charge < -0.3 is 10.5 Å². The first-order valence-electron chi connectivity index (χ1n) is 4.99. The van der Waals surface area contributed by atoms with Crippen LogP contribution in [0.4, 0.5) is 0 Å². The first-order valence-corrected chi connectivity index (χ1v) is 5.40. The molecular weight excluding hydrogens is 210 g/mol. The van der Waals surface area contributed by atoms with Gasteiger partial charge in [0.15, 0.2) is 5.69 Å². The van der Waals surface area contributed by atoms with Gasteiger partial charge in [0.1, 0.15) is 4.99 Å². The fraction of sp³-hybridized carbons (Fsp3) is 0.500. The molecule has 0 amide bonds. The van der Waals surface area contributed by atoms with Gasteiger partial charge in [-0.2, -0.15) is 0 Å². The lowest BCUT2D eigenvalue weighted by atomic mass is 10.3. The molecule has 1 aromatic rings. The van der Waals surface area contributed by atoms with Crippen LogP contribution >= 0.6 is 12.2 Å². The van der Waals surface area contributed by atoms with Crippen molar-refractivity contribution in [1.82, 2.24) is 9.97 Å². The minimum atomic E-state index is 0.216. The molecule has 0 aliphatic heterocycles. The topological polar surface area (TPSA) is 61.0 Å². The Hall–Kier alpha value is -1.23. The van der Waals surface area contributed by atoms with Gasteiger partial charge in [-0.05, 0) is 6.42 Å². The summed E-state index contributed by atoms with van der Waals surface area (Å²) in [5.41, 5.74) is 5.96. The Morgan fingerprint density at radius 3 is 2.80 bits per heavy atom. The minimum Gasteiger partial charge on any atom is -0.476 e. The lowest BCUT2D eigenvalue weighted by Gasteiger charge is -2.07. The van der Waals surface area contributed by atoms with E-state index in [1.165, 1.54) is 0 Å². The van der Waals surface area contributed by atoms with E-state index in [-0.39, 0.29) is 4.99 Å².